The first kappa shape index (κ1) is 28.6. The minimum atomic E-state index is -0.924. The Morgan fingerprint density at radius 3 is 2.09 bits per heavy atom. The second kappa shape index (κ2) is 11.9. The van der Waals surface area contributed by atoms with E-state index in [1.807, 2.05) is 19.9 Å². The molecule has 3 N–H and O–H groups in total. The Labute approximate surface area is 210 Å². The van der Waals surface area contributed by atoms with Gasteiger partial charge in [0.05, 0.1) is 11.7 Å². The van der Waals surface area contributed by atoms with Gasteiger partial charge < -0.3 is 20.1 Å². The average molecular weight is 483 g/mol. The molecule has 0 heterocycles. The van der Waals surface area contributed by atoms with E-state index in [-0.39, 0.29) is 24.9 Å². The van der Waals surface area contributed by atoms with Gasteiger partial charge >= 0.3 is 5.97 Å². The summed E-state index contributed by atoms with van der Waals surface area (Å²) < 4.78 is 5.80. The molecule has 192 valence electrons. The predicted octanol–water partition coefficient (Wildman–Crippen LogP) is 6.19. The van der Waals surface area contributed by atoms with E-state index < -0.39 is 17.7 Å². The van der Waals surface area contributed by atoms with E-state index in [1.54, 1.807) is 13.8 Å². The van der Waals surface area contributed by atoms with Crippen LogP contribution in [0.2, 0.25) is 0 Å². The van der Waals surface area contributed by atoms with Crippen LogP contribution in [-0.4, -0.2) is 39.6 Å². The van der Waals surface area contributed by atoms with Crippen LogP contribution in [-0.2, 0) is 10.2 Å². The summed E-state index contributed by atoms with van der Waals surface area (Å²) in [7, 11) is 0. The molecule has 0 amide bonds. The number of ether oxygens (including phenoxy) is 1. The highest BCUT2D eigenvalue weighted by Gasteiger charge is 2.31. The fourth-order valence-corrected chi connectivity index (χ4v) is 4.45. The molecule has 0 spiro atoms. The van der Waals surface area contributed by atoms with E-state index in [4.69, 9.17) is 9.84 Å². The molecule has 35 heavy (non-hydrogen) atoms. The number of carboxylic acids is 1. The molecule has 0 saturated heterocycles. The lowest BCUT2D eigenvalue weighted by molar-refractivity contribution is -0.137. The normalized spacial score (nSPS) is 13.6. The first-order chi connectivity index (χ1) is 16.3. The van der Waals surface area contributed by atoms with Gasteiger partial charge in [0.15, 0.2) is 0 Å². The Hall–Kier alpha value is -2.63. The Bertz CT molecular complexity index is 1040. The Morgan fingerprint density at radius 2 is 1.60 bits per heavy atom. The summed E-state index contributed by atoms with van der Waals surface area (Å²) in [6.45, 7) is 14.2. The van der Waals surface area contributed by atoms with Crippen LogP contribution in [0.3, 0.4) is 0 Å². The number of hydrogen-bond acceptors (Lipinski definition) is 4. The van der Waals surface area contributed by atoms with Crippen LogP contribution < -0.4 is 4.74 Å². The van der Waals surface area contributed by atoms with E-state index in [9.17, 15) is 15.0 Å². The molecule has 0 aliphatic carbocycles. The molecule has 0 bridgehead atoms. The van der Waals surface area contributed by atoms with Gasteiger partial charge in [0.2, 0.25) is 0 Å². The molecule has 2 aromatic carbocycles. The van der Waals surface area contributed by atoms with Gasteiger partial charge in [-0.25, -0.2) is 0 Å². The van der Waals surface area contributed by atoms with Crippen molar-refractivity contribution in [1.82, 2.24) is 0 Å². The number of rotatable bonds is 12. The minimum Gasteiger partial charge on any atom is -0.491 e. The summed E-state index contributed by atoms with van der Waals surface area (Å²) in [4.78, 5) is 10.7. The van der Waals surface area contributed by atoms with Gasteiger partial charge in [0.1, 0.15) is 12.4 Å². The maximum absolute atomic E-state index is 10.7. The zero-order chi connectivity index (χ0) is 26.4. The highest BCUT2D eigenvalue weighted by Crippen LogP contribution is 2.41. The first-order valence-corrected chi connectivity index (χ1v) is 12.5. The molecule has 2 rings (SSSR count). The lowest BCUT2D eigenvalue weighted by Crippen LogP contribution is -2.26. The van der Waals surface area contributed by atoms with E-state index in [2.05, 4.69) is 57.2 Å². The first-order valence-electron chi connectivity index (χ1n) is 12.5. The third kappa shape index (κ3) is 7.18. The number of hydrogen-bond donors (Lipinski definition) is 3. The number of carboxylic acid groups (broad SMARTS) is 1. The third-order valence-corrected chi connectivity index (χ3v) is 7.22. The summed E-state index contributed by atoms with van der Waals surface area (Å²) >= 11 is 0. The van der Waals surface area contributed by atoms with Gasteiger partial charge in [-0.05, 0) is 93.3 Å². The molecule has 5 nitrogen and oxygen atoms in total. The fraction of sp³-hybridized carbons (Fsp3) is 0.500. The molecule has 0 aliphatic heterocycles. The standard InChI is InChI=1S/C30H42O5/c1-8-30(9-2,24-11-10-23(20(3)16-24)18-22(5)29(6,7)34)25-12-14-27(21(4)17-25)35-19-26(31)13-15-28(32)33/h10-12,14,16-18,26,31,34H,8-9,13,15,19H2,1-7H3,(H,32,33)/b22-18+/t26-/m0/s1. The largest absolute Gasteiger partial charge is 0.491 e. The Balaban J connectivity index is 2.33. The number of benzene rings is 2. The van der Waals surface area contributed by atoms with Crippen LogP contribution in [0.15, 0.2) is 42.0 Å². The zero-order valence-corrected chi connectivity index (χ0v) is 22.3. The Morgan fingerprint density at radius 1 is 1.03 bits per heavy atom. The van der Waals surface area contributed by atoms with Crippen molar-refractivity contribution in [1.29, 1.82) is 0 Å². The number of aliphatic carboxylic acids is 1. The molecule has 0 aliphatic rings. The Kier molecular flexibility index (Phi) is 9.70. The summed E-state index contributed by atoms with van der Waals surface area (Å²) in [5, 5.41) is 29.1. The molecule has 0 unspecified atom stereocenters. The highest BCUT2D eigenvalue weighted by atomic mass is 16.5. The van der Waals surface area contributed by atoms with Crippen molar-refractivity contribution >= 4 is 12.0 Å². The predicted molar refractivity (Wildman–Crippen MR) is 142 cm³/mol. The molecule has 0 aromatic heterocycles. The van der Waals surface area contributed by atoms with Crippen molar-refractivity contribution in [3.8, 4) is 5.75 Å². The van der Waals surface area contributed by atoms with Crippen molar-refractivity contribution in [2.75, 3.05) is 6.61 Å². The zero-order valence-electron chi connectivity index (χ0n) is 22.3. The molecule has 0 saturated carbocycles. The average Bonchev–Trinajstić information content (AvgIpc) is 2.79. The van der Waals surface area contributed by atoms with Crippen molar-refractivity contribution in [3.05, 3.63) is 69.8 Å². The molecular weight excluding hydrogens is 440 g/mol. The summed E-state index contributed by atoms with van der Waals surface area (Å²) in [6.07, 6.45) is 3.21. The summed E-state index contributed by atoms with van der Waals surface area (Å²) in [6, 6.07) is 12.8. The lowest BCUT2D eigenvalue weighted by Gasteiger charge is -2.34. The van der Waals surface area contributed by atoms with E-state index in [0.29, 0.717) is 5.75 Å². The topological polar surface area (TPSA) is 87.0 Å². The van der Waals surface area contributed by atoms with E-state index >= 15 is 0 Å². The van der Waals surface area contributed by atoms with Crippen molar-refractivity contribution in [3.63, 3.8) is 0 Å². The van der Waals surface area contributed by atoms with Gasteiger partial charge in [0.25, 0.3) is 0 Å². The lowest BCUT2D eigenvalue weighted by atomic mass is 9.70. The second-order valence-electron chi connectivity index (χ2n) is 10.1. The third-order valence-electron chi connectivity index (χ3n) is 7.22. The van der Waals surface area contributed by atoms with Crippen LogP contribution in [0.5, 0.6) is 5.75 Å². The number of aliphatic hydroxyl groups is 2. The van der Waals surface area contributed by atoms with Crippen LogP contribution in [0.1, 0.15) is 88.1 Å². The SMILES string of the molecule is CCC(CC)(c1ccc(/C=C(\C)C(C)(C)O)c(C)c1)c1ccc(OC[C@@H](O)CCC(=O)O)c(C)c1. The van der Waals surface area contributed by atoms with Crippen molar-refractivity contribution in [2.24, 2.45) is 0 Å². The van der Waals surface area contributed by atoms with Crippen LogP contribution >= 0.6 is 0 Å². The van der Waals surface area contributed by atoms with E-state index in [1.165, 1.54) is 16.7 Å². The second-order valence-corrected chi connectivity index (χ2v) is 10.1. The quantitative estimate of drug-likeness (QED) is 0.336. The van der Waals surface area contributed by atoms with Crippen LogP contribution in [0.25, 0.3) is 6.08 Å². The van der Waals surface area contributed by atoms with Crippen molar-refractivity contribution < 1.29 is 24.9 Å². The molecule has 0 fully saturated rings. The molecule has 0 radical (unpaired) electrons. The van der Waals surface area contributed by atoms with Gasteiger partial charge in [-0.15, -0.1) is 0 Å². The summed E-state index contributed by atoms with van der Waals surface area (Å²) in [5.74, 6) is -0.227. The van der Waals surface area contributed by atoms with Gasteiger partial charge in [-0.2, -0.15) is 0 Å². The van der Waals surface area contributed by atoms with Gasteiger partial charge in [0, 0.05) is 11.8 Å². The molecular formula is C30H42O5. The highest BCUT2D eigenvalue weighted by molar-refractivity contribution is 5.66. The molecule has 1 atom stereocenters. The van der Waals surface area contributed by atoms with E-state index in [0.717, 1.165) is 29.5 Å². The minimum absolute atomic E-state index is 0.0679. The van der Waals surface area contributed by atoms with Crippen molar-refractivity contribution in [2.45, 2.75) is 91.3 Å². The fourth-order valence-electron chi connectivity index (χ4n) is 4.45. The van der Waals surface area contributed by atoms with Gasteiger partial charge in [-0.1, -0.05) is 50.3 Å². The molecule has 5 heteroatoms. The number of carbonyl (C=O) groups is 1. The number of aryl methyl sites for hydroxylation is 2. The van der Waals surface area contributed by atoms with Crippen LogP contribution in [0, 0.1) is 13.8 Å². The maximum atomic E-state index is 10.7. The monoisotopic (exact) mass is 482 g/mol. The van der Waals surface area contributed by atoms with Crippen LogP contribution in [0.4, 0.5) is 0 Å². The smallest absolute Gasteiger partial charge is 0.303 e. The van der Waals surface area contributed by atoms with Gasteiger partial charge in [-0.3, -0.25) is 4.79 Å². The summed E-state index contributed by atoms with van der Waals surface area (Å²) in [5.41, 5.74) is 5.66. The maximum Gasteiger partial charge on any atom is 0.303 e. The molecule has 2 aromatic rings. The number of aliphatic hydroxyl groups excluding tert-OH is 1.